The third kappa shape index (κ3) is 3.44. The third-order valence-corrected chi connectivity index (χ3v) is 5.70. The Morgan fingerprint density at radius 2 is 1.68 bits per heavy atom. The lowest BCUT2D eigenvalue weighted by atomic mass is 10.3. The van der Waals surface area contributed by atoms with Crippen LogP contribution < -0.4 is 9.04 Å². The molecule has 6 heteroatoms. The predicted molar refractivity (Wildman–Crippen MR) is 92.0 cm³/mol. The van der Waals surface area contributed by atoms with E-state index in [4.69, 9.17) is 4.74 Å². The fourth-order valence-electron chi connectivity index (χ4n) is 2.13. The highest BCUT2D eigenvalue weighted by Crippen LogP contribution is 2.30. The van der Waals surface area contributed by atoms with Gasteiger partial charge in [0.05, 0.1) is 17.2 Å². The molecule has 4 nitrogen and oxygen atoms in total. The molecule has 0 aliphatic rings. The van der Waals surface area contributed by atoms with Crippen molar-refractivity contribution in [2.75, 3.05) is 17.5 Å². The lowest BCUT2D eigenvalue weighted by Gasteiger charge is -2.24. The molecule has 0 saturated heterocycles. The smallest absolute Gasteiger partial charge is 0.264 e. The van der Waals surface area contributed by atoms with Crippen molar-refractivity contribution >= 4 is 31.6 Å². The Labute approximate surface area is 139 Å². The van der Waals surface area contributed by atoms with Gasteiger partial charge in [0.1, 0.15) is 5.75 Å². The summed E-state index contributed by atoms with van der Waals surface area (Å²) < 4.78 is 33.2. The number of hydrogen-bond donors (Lipinski definition) is 0. The van der Waals surface area contributed by atoms with Crippen LogP contribution in [0.5, 0.6) is 5.75 Å². The molecule has 0 unspecified atom stereocenters. The zero-order valence-electron chi connectivity index (χ0n) is 12.5. The van der Waals surface area contributed by atoms with Gasteiger partial charge in [-0.05, 0) is 66.2 Å². The molecule has 0 radical (unpaired) electrons. The molecule has 0 bridgehead atoms. The molecule has 0 saturated carbocycles. The maximum absolute atomic E-state index is 12.8. The van der Waals surface area contributed by atoms with Crippen molar-refractivity contribution in [3.8, 4) is 5.75 Å². The molecule has 2 aromatic carbocycles. The van der Waals surface area contributed by atoms with E-state index in [1.807, 2.05) is 32.0 Å². The normalized spacial score (nSPS) is 11.2. The van der Waals surface area contributed by atoms with Crippen LogP contribution in [0, 0.1) is 0 Å². The van der Waals surface area contributed by atoms with Gasteiger partial charge in [-0.3, -0.25) is 4.31 Å². The maximum Gasteiger partial charge on any atom is 0.264 e. The van der Waals surface area contributed by atoms with E-state index in [2.05, 4.69) is 15.9 Å². The van der Waals surface area contributed by atoms with Gasteiger partial charge in [-0.25, -0.2) is 8.42 Å². The first-order valence-electron chi connectivity index (χ1n) is 7.00. The number of halogens is 1. The van der Waals surface area contributed by atoms with Crippen molar-refractivity contribution in [3.05, 3.63) is 53.0 Å². The highest BCUT2D eigenvalue weighted by molar-refractivity contribution is 9.10. The van der Waals surface area contributed by atoms with E-state index in [0.29, 0.717) is 24.6 Å². The van der Waals surface area contributed by atoms with Crippen LogP contribution in [0.15, 0.2) is 57.9 Å². The zero-order chi connectivity index (χ0) is 16.2. The summed E-state index contributed by atoms with van der Waals surface area (Å²) >= 11 is 3.41. The highest BCUT2D eigenvalue weighted by Gasteiger charge is 2.24. The number of ether oxygens (including phenoxy) is 1. The molecule has 0 amide bonds. The number of hydrogen-bond acceptors (Lipinski definition) is 3. The van der Waals surface area contributed by atoms with Crippen molar-refractivity contribution in [2.45, 2.75) is 18.7 Å². The first kappa shape index (κ1) is 16.8. The van der Waals surface area contributed by atoms with Crippen LogP contribution in [0.2, 0.25) is 0 Å². The number of para-hydroxylation sites is 1. The van der Waals surface area contributed by atoms with Crippen LogP contribution in [0.1, 0.15) is 13.8 Å². The van der Waals surface area contributed by atoms with E-state index >= 15 is 0 Å². The van der Waals surface area contributed by atoms with E-state index in [0.717, 1.165) is 4.47 Å². The summed E-state index contributed by atoms with van der Waals surface area (Å²) in [5.74, 6) is 0.658. The topological polar surface area (TPSA) is 46.6 Å². The minimum atomic E-state index is -3.61. The van der Waals surface area contributed by atoms with Gasteiger partial charge >= 0.3 is 0 Å². The Hall–Kier alpha value is -1.53. The summed E-state index contributed by atoms with van der Waals surface area (Å²) in [4.78, 5) is 0.244. The van der Waals surface area contributed by atoms with E-state index in [1.165, 1.54) is 4.31 Å². The van der Waals surface area contributed by atoms with Crippen LogP contribution in [0.4, 0.5) is 5.69 Å². The van der Waals surface area contributed by atoms with Gasteiger partial charge in [0.15, 0.2) is 0 Å². The molecular weight excluding hydrogens is 366 g/mol. The lowest BCUT2D eigenvalue weighted by Crippen LogP contribution is -2.31. The monoisotopic (exact) mass is 383 g/mol. The molecule has 0 aliphatic heterocycles. The fraction of sp³-hybridized carbons (Fsp3) is 0.250. The van der Waals surface area contributed by atoms with E-state index in [-0.39, 0.29) is 4.90 Å². The van der Waals surface area contributed by atoms with Gasteiger partial charge < -0.3 is 4.74 Å². The predicted octanol–water partition coefficient (Wildman–Crippen LogP) is 4.06. The van der Waals surface area contributed by atoms with Gasteiger partial charge in [0.25, 0.3) is 10.0 Å². The van der Waals surface area contributed by atoms with E-state index < -0.39 is 10.0 Å². The number of benzene rings is 2. The minimum Gasteiger partial charge on any atom is -0.494 e. The average Bonchev–Trinajstić information content (AvgIpc) is 2.50. The Morgan fingerprint density at radius 1 is 1.05 bits per heavy atom. The largest absolute Gasteiger partial charge is 0.494 e. The second kappa shape index (κ2) is 7.15. The van der Waals surface area contributed by atoms with Crippen molar-refractivity contribution in [1.29, 1.82) is 0 Å². The first-order chi connectivity index (χ1) is 10.5. The molecule has 0 spiro atoms. The van der Waals surface area contributed by atoms with Crippen LogP contribution >= 0.6 is 15.9 Å². The molecule has 0 N–H and O–H groups in total. The van der Waals surface area contributed by atoms with E-state index in [9.17, 15) is 8.42 Å². The molecule has 0 aromatic heterocycles. The molecule has 2 rings (SSSR count). The fourth-order valence-corrected chi connectivity index (χ4v) is 4.23. The summed E-state index contributed by atoms with van der Waals surface area (Å²) in [5, 5.41) is 0. The summed E-state index contributed by atoms with van der Waals surface area (Å²) in [6.45, 7) is 4.59. The molecule has 2 aromatic rings. The Kier molecular flexibility index (Phi) is 5.47. The molecule has 0 aliphatic carbocycles. The van der Waals surface area contributed by atoms with Crippen LogP contribution in [-0.4, -0.2) is 21.6 Å². The van der Waals surface area contributed by atoms with Crippen LogP contribution in [0.25, 0.3) is 0 Å². The number of rotatable bonds is 6. The quantitative estimate of drug-likeness (QED) is 0.755. The number of sulfonamides is 1. The summed E-state index contributed by atoms with van der Waals surface area (Å²) in [7, 11) is -3.61. The molecule has 22 heavy (non-hydrogen) atoms. The maximum atomic E-state index is 12.8. The number of anilines is 1. The highest BCUT2D eigenvalue weighted by atomic mass is 79.9. The number of nitrogens with zero attached hydrogens (tertiary/aromatic N) is 1. The SMILES string of the molecule is CCOc1ccc(S(=O)(=O)N(CC)c2ccccc2Br)cc1. The zero-order valence-corrected chi connectivity index (χ0v) is 14.9. The van der Waals surface area contributed by atoms with E-state index in [1.54, 1.807) is 30.3 Å². The van der Waals surface area contributed by atoms with Gasteiger partial charge in [-0.15, -0.1) is 0 Å². The molecule has 118 valence electrons. The summed E-state index contributed by atoms with van der Waals surface area (Å²) in [5.41, 5.74) is 0.624. The summed E-state index contributed by atoms with van der Waals surface area (Å²) in [6, 6.07) is 13.8. The standard InChI is InChI=1S/C16H18BrNO3S/c1-3-18(16-8-6-5-7-15(16)17)22(19,20)14-11-9-13(10-12-14)21-4-2/h5-12H,3-4H2,1-2H3. The molecule has 0 fully saturated rings. The third-order valence-electron chi connectivity index (χ3n) is 3.13. The Balaban J connectivity index is 2.41. The average molecular weight is 384 g/mol. The van der Waals surface area contributed by atoms with Gasteiger partial charge in [0.2, 0.25) is 0 Å². The van der Waals surface area contributed by atoms with Gasteiger partial charge in [-0.1, -0.05) is 12.1 Å². The second-order valence-electron chi connectivity index (χ2n) is 4.53. The van der Waals surface area contributed by atoms with Gasteiger partial charge in [-0.2, -0.15) is 0 Å². The lowest BCUT2D eigenvalue weighted by molar-refractivity contribution is 0.340. The van der Waals surface area contributed by atoms with Crippen LogP contribution in [0.3, 0.4) is 0 Å². The Morgan fingerprint density at radius 3 is 2.23 bits per heavy atom. The Bertz CT molecular complexity index is 729. The first-order valence-corrected chi connectivity index (χ1v) is 9.24. The van der Waals surface area contributed by atoms with Crippen molar-refractivity contribution < 1.29 is 13.2 Å². The van der Waals surface area contributed by atoms with Gasteiger partial charge in [0, 0.05) is 11.0 Å². The molecule has 0 atom stereocenters. The summed E-state index contributed by atoms with van der Waals surface area (Å²) in [6.07, 6.45) is 0. The molecule has 0 heterocycles. The van der Waals surface area contributed by atoms with Crippen molar-refractivity contribution in [3.63, 3.8) is 0 Å². The minimum absolute atomic E-state index is 0.244. The molecular formula is C16H18BrNO3S. The van der Waals surface area contributed by atoms with Crippen molar-refractivity contribution in [2.24, 2.45) is 0 Å². The van der Waals surface area contributed by atoms with Crippen molar-refractivity contribution in [1.82, 2.24) is 0 Å². The second-order valence-corrected chi connectivity index (χ2v) is 7.24. The van der Waals surface area contributed by atoms with Crippen LogP contribution in [-0.2, 0) is 10.0 Å².